The molecule has 4 heteroatoms. The molecule has 0 saturated heterocycles. The summed E-state index contributed by atoms with van der Waals surface area (Å²) in [4.78, 5) is 16.1. The van der Waals surface area contributed by atoms with Gasteiger partial charge >= 0.3 is 5.97 Å². The van der Waals surface area contributed by atoms with Crippen molar-refractivity contribution >= 4 is 5.97 Å². The Kier molecular flexibility index (Phi) is 4.80. The van der Waals surface area contributed by atoms with E-state index in [2.05, 4.69) is 10.2 Å². The van der Waals surface area contributed by atoms with Gasteiger partial charge in [0.25, 0.3) is 0 Å². The van der Waals surface area contributed by atoms with Crippen molar-refractivity contribution in [1.29, 1.82) is 0 Å². The number of hydrogen-bond donors (Lipinski definition) is 1. The highest BCUT2D eigenvalue weighted by Gasteiger charge is 2.18. The lowest BCUT2D eigenvalue weighted by Gasteiger charge is -2.14. The van der Waals surface area contributed by atoms with Crippen LogP contribution in [0.1, 0.15) is 5.56 Å². The van der Waals surface area contributed by atoms with E-state index in [9.17, 15) is 4.79 Å². The Hall–Kier alpha value is -1.39. The standard InChI is InChI=1S/C11H15NO3/c1-14-11(13)10(12-15-2)8-9-6-4-3-5-7-9/h3-7,10,12H,8H2,1-2H3. The summed E-state index contributed by atoms with van der Waals surface area (Å²) in [5.74, 6) is -0.333. The first kappa shape index (κ1) is 11.7. The Morgan fingerprint density at radius 1 is 1.33 bits per heavy atom. The van der Waals surface area contributed by atoms with Crippen molar-refractivity contribution in [2.45, 2.75) is 12.5 Å². The highest BCUT2D eigenvalue weighted by molar-refractivity contribution is 5.75. The van der Waals surface area contributed by atoms with E-state index in [0.29, 0.717) is 6.42 Å². The van der Waals surface area contributed by atoms with Crippen LogP contribution >= 0.6 is 0 Å². The van der Waals surface area contributed by atoms with Crippen LogP contribution in [0.25, 0.3) is 0 Å². The number of carbonyl (C=O) groups excluding carboxylic acids is 1. The van der Waals surface area contributed by atoms with Crippen LogP contribution in [-0.4, -0.2) is 26.2 Å². The Morgan fingerprint density at radius 3 is 2.53 bits per heavy atom. The molecule has 0 aliphatic heterocycles. The van der Waals surface area contributed by atoms with Crippen molar-refractivity contribution in [3.8, 4) is 0 Å². The predicted octanol–water partition coefficient (Wildman–Crippen LogP) is 0.922. The molecule has 15 heavy (non-hydrogen) atoms. The summed E-state index contributed by atoms with van der Waals surface area (Å²) in [6.45, 7) is 0. The molecule has 0 saturated carbocycles. The number of hydrogen-bond acceptors (Lipinski definition) is 4. The molecule has 0 heterocycles. The molecule has 0 radical (unpaired) electrons. The second-order valence-corrected chi connectivity index (χ2v) is 3.09. The van der Waals surface area contributed by atoms with Gasteiger partial charge in [0, 0.05) is 6.42 Å². The van der Waals surface area contributed by atoms with Crippen LogP contribution in [0.15, 0.2) is 30.3 Å². The van der Waals surface area contributed by atoms with E-state index in [-0.39, 0.29) is 5.97 Å². The molecule has 1 rings (SSSR count). The van der Waals surface area contributed by atoms with Crippen molar-refractivity contribution < 1.29 is 14.4 Å². The van der Waals surface area contributed by atoms with Gasteiger partial charge in [0.15, 0.2) is 0 Å². The van der Waals surface area contributed by atoms with Gasteiger partial charge in [-0.1, -0.05) is 30.3 Å². The predicted molar refractivity (Wildman–Crippen MR) is 56.1 cm³/mol. The third-order valence-corrected chi connectivity index (χ3v) is 2.03. The monoisotopic (exact) mass is 209 g/mol. The average Bonchev–Trinajstić information content (AvgIpc) is 2.29. The van der Waals surface area contributed by atoms with Crippen LogP contribution in [0.3, 0.4) is 0 Å². The Bertz CT molecular complexity index is 300. The minimum Gasteiger partial charge on any atom is -0.468 e. The zero-order valence-corrected chi connectivity index (χ0v) is 8.90. The number of benzene rings is 1. The summed E-state index contributed by atoms with van der Waals surface area (Å²) in [7, 11) is 2.83. The molecule has 4 nitrogen and oxygen atoms in total. The van der Waals surface area contributed by atoms with Gasteiger partial charge < -0.3 is 9.57 Å². The van der Waals surface area contributed by atoms with E-state index >= 15 is 0 Å². The topological polar surface area (TPSA) is 47.6 Å². The van der Waals surface area contributed by atoms with Crippen molar-refractivity contribution in [1.82, 2.24) is 5.48 Å². The van der Waals surface area contributed by atoms with Gasteiger partial charge in [0.1, 0.15) is 6.04 Å². The maximum absolute atomic E-state index is 11.3. The summed E-state index contributed by atoms with van der Waals surface area (Å²) >= 11 is 0. The molecule has 0 fully saturated rings. The van der Waals surface area contributed by atoms with E-state index < -0.39 is 6.04 Å². The maximum atomic E-state index is 11.3. The van der Waals surface area contributed by atoms with Gasteiger partial charge in [-0.15, -0.1) is 0 Å². The molecule has 0 bridgehead atoms. The fourth-order valence-electron chi connectivity index (χ4n) is 1.31. The third kappa shape index (κ3) is 3.69. The first-order valence-electron chi connectivity index (χ1n) is 4.68. The highest BCUT2D eigenvalue weighted by atomic mass is 16.6. The highest BCUT2D eigenvalue weighted by Crippen LogP contribution is 2.04. The van der Waals surface area contributed by atoms with E-state index in [1.54, 1.807) is 0 Å². The first-order valence-corrected chi connectivity index (χ1v) is 4.68. The molecule has 0 spiro atoms. The fourth-order valence-corrected chi connectivity index (χ4v) is 1.31. The second-order valence-electron chi connectivity index (χ2n) is 3.09. The van der Waals surface area contributed by atoms with Crippen LogP contribution in [0.5, 0.6) is 0 Å². The van der Waals surface area contributed by atoms with Crippen LogP contribution in [0.4, 0.5) is 0 Å². The summed E-state index contributed by atoms with van der Waals surface area (Å²) in [5.41, 5.74) is 3.66. The number of rotatable bonds is 5. The van der Waals surface area contributed by atoms with E-state index in [0.717, 1.165) is 5.56 Å². The van der Waals surface area contributed by atoms with Crippen LogP contribution in [0.2, 0.25) is 0 Å². The van der Waals surface area contributed by atoms with Gasteiger partial charge in [-0.25, -0.2) is 0 Å². The fraction of sp³-hybridized carbons (Fsp3) is 0.364. The second kappa shape index (κ2) is 6.16. The number of nitrogens with one attached hydrogen (secondary N) is 1. The number of ether oxygens (including phenoxy) is 1. The van der Waals surface area contributed by atoms with Crippen molar-refractivity contribution in [2.24, 2.45) is 0 Å². The molecular weight excluding hydrogens is 194 g/mol. The normalized spacial score (nSPS) is 12.1. The molecule has 0 aromatic heterocycles. The number of hydroxylamine groups is 1. The van der Waals surface area contributed by atoms with Crippen LogP contribution in [-0.2, 0) is 20.8 Å². The van der Waals surface area contributed by atoms with Gasteiger partial charge in [0.2, 0.25) is 0 Å². The molecule has 0 aliphatic carbocycles. The molecule has 1 aromatic carbocycles. The summed E-state index contributed by atoms with van der Waals surface area (Å²) in [6, 6.07) is 9.22. The minimum atomic E-state index is -0.470. The van der Waals surface area contributed by atoms with Gasteiger partial charge in [-0.05, 0) is 5.56 Å². The van der Waals surface area contributed by atoms with Gasteiger partial charge in [-0.3, -0.25) is 4.79 Å². The quantitative estimate of drug-likeness (QED) is 0.578. The number of carbonyl (C=O) groups is 1. The van der Waals surface area contributed by atoms with Gasteiger partial charge in [-0.2, -0.15) is 5.48 Å². The third-order valence-electron chi connectivity index (χ3n) is 2.03. The lowest BCUT2D eigenvalue weighted by molar-refractivity contribution is -0.146. The largest absolute Gasteiger partial charge is 0.468 e. The van der Waals surface area contributed by atoms with Crippen molar-refractivity contribution in [3.05, 3.63) is 35.9 Å². The Balaban J connectivity index is 2.62. The minimum absolute atomic E-state index is 0.333. The molecular formula is C11H15NO3. The van der Waals surface area contributed by atoms with E-state index in [1.165, 1.54) is 14.2 Å². The average molecular weight is 209 g/mol. The summed E-state index contributed by atoms with van der Waals surface area (Å²) < 4.78 is 4.66. The number of methoxy groups -OCH3 is 1. The molecule has 1 N–H and O–H groups in total. The Morgan fingerprint density at radius 2 is 2.00 bits per heavy atom. The molecule has 1 aromatic rings. The van der Waals surface area contributed by atoms with Gasteiger partial charge in [0.05, 0.1) is 14.2 Å². The SMILES string of the molecule is CONC(Cc1ccccc1)C(=O)OC. The maximum Gasteiger partial charge on any atom is 0.325 e. The number of esters is 1. The van der Waals surface area contributed by atoms with E-state index in [1.807, 2.05) is 30.3 Å². The first-order chi connectivity index (χ1) is 7.27. The van der Waals surface area contributed by atoms with Crippen molar-refractivity contribution in [2.75, 3.05) is 14.2 Å². The van der Waals surface area contributed by atoms with Crippen LogP contribution in [0, 0.1) is 0 Å². The zero-order valence-electron chi connectivity index (χ0n) is 8.90. The summed E-state index contributed by atoms with van der Waals surface area (Å²) in [6.07, 6.45) is 0.543. The molecule has 1 unspecified atom stereocenters. The zero-order chi connectivity index (χ0) is 11.1. The molecule has 0 amide bonds. The smallest absolute Gasteiger partial charge is 0.325 e. The lowest BCUT2D eigenvalue weighted by atomic mass is 10.1. The summed E-state index contributed by atoms with van der Waals surface area (Å²) in [5, 5.41) is 0. The molecule has 82 valence electrons. The van der Waals surface area contributed by atoms with Crippen molar-refractivity contribution in [3.63, 3.8) is 0 Å². The lowest BCUT2D eigenvalue weighted by Crippen LogP contribution is -2.38. The van der Waals surface area contributed by atoms with Crippen LogP contribution < -0.4 is 5.48 Å². The van der Waals surface area contributed by atoms with E-state index in [4.69, 9.17) is 4.84 Å². The Labute approximate surface area is 89.1 Å². The molecule has 1 atom stereocenters. The molecule has 0 aliphatic rings.